The Bertz CT molecular complexity index is 1010. The molecule has 2 amide bonds. The summed E-state index contributed by atoms with van der Waals surface area (Å²) in [5, 5.41) is 12.5. The molecule has 29 heavy (non-hydrogen) atoms. The highest BCUT2D eigenvalue weighted by Gasteiger charge is 2.26. The first-order valence-corrected chi connectivity index (χ1v) is 11.5. The van der Waals surface area contributed by atoms with Gasteiger partial charge in [-0.3, -0.25) is 0 Å². The molecule has 0 saturated carbocycles. The maximum absolute atomic E-state index is 14.4. The molecule has 1 heterocycles. The number of aliphatic hydroxyl groups is 1. The lowest BCUT2D eigenvalue weighted by Crippen LogP contribution is -2.34. The largest absolute Gasteiger partial charge is 0.385 e. The number of hydrogen-bond acceptors (Lipinski definition) is 5. The molecule has 0 aliphatic heterocycles. The van der Waals surface area contributed by atoms with Crippen LogP contribution in [0.1, 0.15) is 69.4 Å². The molecule has 160 valence electrons. The Morgan fingerprint density at radius 2 is 1.72 bits per heavy atom. The van der Waals surface area contributed by atoms with Crippen LogP contribution in [-0.2, 0) is 15.6 Å². The van der Waals surface area contributed by atoms with Gasteiger partial charge in [-0.2, -0.15) is 0 Å². The molecule has 0 aliphatic carbocycles. The Morgan fingerprint density at radius 3 is 2.21 bits per heavy atom. The van der Waals surface area contributed by atoms with Gasteiger partial charge in [0.2, 0.25) is 0 Å². The molecular weight excluding hydrogens is 415 g/mol. The number of benzene rings is 1. The van der Waals surface area contributed by atoms with Gasteiger partial charge < -0.3 is 10.4 Å². The topological polar surface area (TPSA) is 95.5 Å². The summed E-state index contributed by atoms with van der Waals surface area (Å²) in [4.78, 5) is 12.9. The molecule has 0 aliphatic rings. The number of carbonyl (C=O) groups is 1. The molecule has 0 spiro atoms. The lowest BCUT2D eigenvalue weighted by molar-refractivity contribution is 0.0825. The van der Waals surface area contributed by atoms with Crippen LogP contribution in [-0.4, -0.2) is 19.6 Å². The fourth-order valence-electron chi connectivity index (χ4n) is 2.90. The monoisotopic (exact) mass is 442 g/mol. The van der Waals surface area contributed by atoms with Crippen molar-refractivity contribution in [1.82, 2.24) is 4.72 Å². The maximum atomic E-state index is 14.4. The lowest BCUT2D eigenvalue weighted by Gasteiger charge is -2.21. The molecule has 0 unspecified atom stereocenters. The molecule has 0 bridgehead atoms. The van der Waals surface area contributed by atoms with Gasteiger partial charge in [-0.25, -0.2) is 22.3 Å². The second-order valence-corrected chi connectivity index (χ2v) is 11.0. The van der Waals surface area contributed by atoms with Gasteiger partial charge in [-0.05, 0) is 49.4 Å². The Balaban J connectivity index is 2.33. The second-order valence-electron chi connectivity index (χ2n) is 7.97. The number of rotatable bonds is 6. The molecule has 2 aromatic rings. The first-order chi connectivity index (χ1) is 13.2. The molecule has 1 aromatic carbocycles. The van der Waals surface area contributed by atoms with Crippen LogP contribution < -0.4 is 10.0 Å². The van der Waals surface area contributed by atoms with Crippen LogP contribution in [0.15, 0.2) is 28.5 Å². The minimum Gasteiger partial charge on any atom is -0.385 e. The van der Waals surface area contributed by atoms with Gasteiger partial charge in [0.15, 0.2) is 0 Å². The fourth-order valence-corrected chi connectivity index (χ4v) is 5.12. The van der Waals surface area contributed by atoms with E-state index >= 15 is 0 Å². The molecule has 0 saturated heterocycles. The van der Waals surface area contributed by atoms with E-state index in [0.717, 1.165) is 11.3 Å². The number of thiophene rings is 1. The first-order valence-electron chi connectivity index (χ1n) is 9.22. The maximum Gasteiger partial charge on any atom is 0.333 e. The number of nitrogens with one attached hydrogen (secondary N) is 2. The van der Waals surface area contributed by atoms with Gasteiger partial charge in [0.25, 0.3) is 10.0 Å². The van der Waals surface area contributed by atoms with Crippen molar-refractivity contribution in [1.29, 1.82) is 0 Å². The quantitative estimate of drug-likeness (QED) is 0.595. The predicted octanol–water partition coefficient (Wildman–Crippen LogP) is 4.87. The zero-order chi connectivity index (χ0) is 22.1. The summed E-state index contributed by atoms with van der Waals surface area (Å²) in [6.07, 6.45) is 0. The van der Waals surface area contributed by atoms with Gasteiger partial charge in [0, 0.05) is 10.4 Å². The Kier molecular flexibility index (Phi) is 6.76. The fraction of sp³-hybridized carbons (Fsp3) is 0.450. The standard InChI is InChI=1S/C20H27FN2O4S2/c1-11(2)13-7-8-14(21)17(12(3)4)18(13)22-19(24)23-29(26,27)16-10-9-15(28-16)20(5,6)25/h7-12,25H,1-6H3,(H2,22,23,24). The molecule has 9 heteroatoms. The van der Waals surface area contributed by atoms with Crippen molar-refractivity contribution in [2.24, 2.45) is 0 Å². The third kappa shape index (κ3) is 5.34. The Morgan fingerprint density at radius 1 is 1.10 bits per heavy atom. The van der Waals surface area contributed by atoms with Crippen LogP contribution >= 0.6 is 11.3 Å². The van der Waals surface area contributed by atoms with Gasteiger partial charge in [0.05, 0.1) is 11.3 Å². The van der Waals surface area contributed by atoms with Gasteiger partial charge >= 0.3 is 6.03 Å². The van der Waals surface area contributed by atoms with Crippen molar-refractivity contribution >= 4 is 33.1 Å². The highest BCUT2D eigenvalue weighted by molar-refractivity contribution is 7.92. The van der Waals surface area contributed by atoms with E-state index < -0.39 is 27.5 Å². The summed E-state index contributed by atoms with van der Waals surface area (Å²) in [6, 6.07) is 4.79. The van der Waals surface area contributed by atoms with E-state index in [-0.39, 0.29) is 21.7 Å². The normalized spacial score (nSPS) is 12.5. The summed E-state index contributed by atoms with van der Waals surface area (Å²) >= 11 is 0.873. The lowest BCUT2D eigenvalue weighted by atomic mass is 9.92. The SMILES string of the molecule is CC(C)c1ccc(F)c(C(C)C)c1NC(=O)NS(=O)(=O)c1ccc(C(C)(C)O)s1. The van der Waals surface area contributed by atoms with Crippen molar-refractivity contribution < 1.29 is 22.7 Å². The number of anilines is 1. The Hall–Kier alpha value is -1.97. The highest BCUT2D eigenvalue weighted by Crippen LogP contribution is 2.35. The minimum absolute atomic E-state index is 0.00773. The summed E-state index contributed by atoms with van der Waals surface area (Å²) in [7, 11) is -4.14. The third-order valence-corrected chi connectivity index (χ3v) is 7.56. The molecule has 1 aromatic heterocycles. The number of amides is 2. The van der Waals surface area contributed by atoms with Crippen molar-refractivity contribution in [3.8, 4) is 0 Å². The van der Waals surface area contributed by atoms with Crippen molar-refractivity contribution in [3.63, 3.8) is 0 Å². The van der Waals surface area contributed by atoms with Crippen molar-refractivity contribution in [2.75, 3.05) is 5.32 Å². The zero-order valence-electron chi connectivity index (χ0n) is 17.3. The average molecular weight is 443 g/mol. The van der Waals surface area contributed by atoms with E-state index in [1.807, 2.05) is 18.6 Å². The number of hydrogen-bond donors (Lipinski definition) is 3. The summed E-state index contributed by atoms with van der Waals surface area (Å²) in [5.74, 6) is -0.686. The van der Waals surface area contributed by atoms with Gasteiger partial charge in [-0.15, -0.1) is 11.3 Å². The zero-order valence-corrected chi connectivity index (χ0v) is 19.0. The van der Waals surface area contributed by atoms with Gasteiger partial charge in [0.1, 0.15) is 10.0 Å². The molecule has 6 nitrogen and oxygen atoms in total. The number of sulfonamides is 1. The molecule has 3 N–H and O–H groups in total. The number of carbonyl (C=O) groups excluding carboxylic acids is 1. The highest BCUT2D eigenvalue weighted by atomic mass is 32.2. The van der Waals surface area contributed by atoms with Crippen LogP contribution in [0.3, 0.4) is 0 Å². The second kappa shape index (κ2) is 8.41. The van der Waals surface area contributed by atoms with E-state index in [0.29, 0.717) is 16.0 Å². The third-order valence-electron chi connectivity index (χ3n) is 4.34. The molecular formula is C20H27FN2O4S2. The molecule has 0 fully saturated rings. The van der Waals surface area contributed by atoms with E-state index in [4.69, 9.17) is 0 Å². The van der Waals surface area contributed by atoms with E-state index in [1.54, 1.807) is 33.8 Å². The molecule has 0 atom stereocenters. The summed E-state index contributed by atoms with van der Waals surface area (Å²) < 4.78 is 41.4. The first kappa shape index (κ1) is 23.3. The summed E-state index contributed by atoms with van der Waals surface area (Å²) in [6.45, 7) is 10.5. The van der Waals surface area contributed by atoms with Crippen LogP contribution in [0, 0.1) is 5.82 Å². The van der Waals surface area contributed by atoms with E-state index in [2.05, 4.69) is 5.32 Å². The molecule has 2 rings (SSSR count). The van der Waals surface area contributed by atoms with Crippen molar-refractivity contribution in [3.05, 3.63) is 46.1 Å². The Labute approximate surface area is 175 Å². The van der Waals surface area contributed by atoms with Crippen LogP contribution in [0.25, 0.3) is 0 Å². The van der Waals surface area contributed by atoms with Crippen LogP contribution in [0.4, 0.5) is 14.9 Å². The number of halogens is 1. The van der Waals surface area contributed by atoms with E-state index in [9.17, 15) is 22.7 Å². The van der Waals surface area contributed by atoms with Crippen molar-refractivity contribution in [2.45, 2.75) is 63.2 Å². The van der Waals surface area contributed by atoms with Gasteiger partial charge in [-0.1, -0.05) is 33.8 Å². The predicted molar refractivity (Wildman–Crippen MR) is 113 cm³/mol. The smallest absolute Gasteiger partial charge is 0.333 e. The average Bonchev–Trinajstić information content (AvgIpc) is 3.04. The van der Waals surface area contributed by atoms with E-state index in [1.165, 1.54) is 18.2 Å². The summed E-state index contributed by atoms with van der Waals surface area (Å²) in [5.41, 5.74) is 0.124. The van der Waals surface area contributed by atoms with Crippen LogP contribution in [0.5, 0.6) is 0 Å². The minimum atomic E-state index is -4.14. The number of urea groups is 1. The molecule has 0 radical (unpaired) electrons. The van der Waals surface area contributed by atoms with Crippen LogP contribution in [0.2, 0.25) is 0 Å².